The van der Waals surface area contributed by atoms with Crippen LogP contribution in [-0.4, -0.2) is 68.0 Å². The third-order valence-corrected chi connectivity index (χ3v) is 8.91. The van der Waals surface area contributed by atoms with Gasteiger partial charge in [-0.1, -0.05) is 48.5 Å². The molecule has 1 saturated heterocycles. The normalized spacial score (nSPS) is 22.5. The van der Waals surface area contributed by atoms with Crippen LogP contribution in [0.3, 0.4) is 0 Å². The summed E-state index contributed by atoms with van der Waals surface area (Å²) in [7, 11) is -5.81. The summed E-state index contributed by atoms with van der Waals surface area (Å²) >= 11 is 0. The molecule has 2 aliphatic rings. The number of hydrogen-bond donors (Lipinski definition) is 1. The molecule has 2 aromatic rings. The number of piperidine rings is 1. The van der Waals surface area contributed by atoms with Crippen LogP contribution >= 0.6 is 0 Å². The Morgan fingerprint density at radius 1 is 0.935 bits per heavy atom. The van der Waals surface area contributed by atoms with Crippen LogP contribution in [0, 0.1) is 0 Å². The Hall–Kier alpha value is -3.52. The number of alkyl carbamates (subject to hydrolysis) is 1. The number of likely N-dealkylation sites (tertiary alicyclic amines) is 1. The second-order valence-corrected chi connectivity index (χ2v) is 14.1. The minimum absolute atomic E-state index is 0.0907. The van der Waals surface area contributed by atoms with Crippen molar-refractivity contribution in [2.75, 3.05) is 13.2 Å². The van der Waals surface area contributed by atoms with E-state index in [0.717, 1.165) is 5.56 Å². The van der Waals surface area contributed by atoms with Crippen LogP contribution in [0.4, 0.5) is 22.8 Å². The van der Waals surface area contributed by atoms with Crippen molar-refractivity contribution in [3.63, 3.8) is 0 Å². The fourth-order valence-electron chi connectivity index (χ4n) is 5.75. The Balaban J connectivity index is 1.41. The van der Waals surface area contributed by atoms with Crippen molar-refractivity contribution in [3.05, 3.63) is 65.7 Å². The summed E-state index contributed by atoms with van der Waals surface area (Å²) in [6, 6.07) is 14.1. The predicted octanol–water partition coefficient (Wildman–Crippen LogP) is 6.65. The zero-order chi connectivity index (χ0) is 33.5. The fraction of sp³-hybridized carbons (Fsp3) is 0.562. The lowest BCUT2D eigenvalue weighted by Crippen LogP contribution is -2.59. The van der Waals surface area contributed by atoms with Gasteiger partial charge in [0.2, 0.25) is 0 Å². The van der Waals surface area contributed by atoms with E-state index in [-0.39, 0.29) is 31.0 Å². The third-order valence-electron chi connectivity index (χ3n) is 7.94. The van der Waals surface area contributed by atoms with Crippen molar-refractivity contribution in [2.45, 2.75) is 101 Å². The molecule has 1 aliphatic heterocycles. The molecular formula is C32H41F3N2O8S. The molecule has 0 bridgehead atoms. The fourth-order valence-corrected chi connectivity index (χ4v) is 6.24. The molecule has 1 aliphatic carbocycles. The van der Waals surface area contributed by atoms with Crippen LogP contribution in [-0.2, 0) is 30.9 Å². The van der Waals surface area contributed by atoms with Crippen molar-refractivity contribution in [3.8, 4) is 5.75 Å². The largest absolute Gasteiger partial charge is 0.534 e. The highest BCUT2D eigenvalue weighted by Crippen LogP contribution is 2.40. The molecule has 2 atom stereocenters. The Bertz CT molecular complexity index is 1420. The minimum Gasteiger partial charge on any atom is -0.445 e. The van der Waals surface area contributed by atoms with Gasteiger partial charge in [-0.25, -0.2) is 9.59 Å². The second kappa shape index (κ2) is 14.9. The molecule has 2 amide bonds. The summed E-state index contributed by atoms with van der Waals surface area (Å²) in [5.74, 6) is -0.577. The zero-order valence-electron chi connectivity index (χ0n) is 26.1. The summed E-state index contributed by atoms with van der Waals surface area (Å²) in [6.07, 6.45) is 2.00. The molecule has 2 fully saturated rings. The van der Waals surface area contributed by atoms with Gasteiger partial charge in [-0.3, -0.25) is 0 Å². The lowest BCUT2D eigenvalue weighted by atomic mass is 9.82. The molecular weight excluding hydrogens is 629 g/mol. The molecule has 1 N–H and O–H groups in total. The molecule has 0 unspecified atom stereocenters. The van der Waals surface area contributed by atoms with Crippen LogP contribution in [0.25, 0.3) is 0 Å². The van der Waals surface area contributed by atoms with Crippen LogP contribution in [0.2, 0.25) is 0 Å². The maximum atomic E-state index is 13.3. The predicted molar refractivity (Wildman–Crippen MR) is 163 cm³/mol. The lowest BCUT2D eigenvalue weighted by Gasteiger charge is -2.41. The van der Waals surface area contributed by atoms with E-state index < -0.39 is 45.5 Å². The smallest absolute Gasteiger partial charge is 0.445 e. The van der Waals surface area contributed by atoms with Gasteiger partial charge in [0.1, 0.15) is 18.0 Å². The molecule has 4 rings (SSSR count). The molecule has 10 nitrogen and oxygen atoms in total. The summed E-state index contributed by atoms with van der Waals surface area (Å²) in [6.45, 7) is 5.90. The number of para-hydroxylation sites is 1. The standard InChI is InChI=1S/C32H41F3N2O8S/c1-31(2,3)44-29(38)36-26-13-9-19-37(30(39)43-20-22-10-5-4-6-11-22)27(26)21-42-24-17-15-23(16-18-24)25-12-7-8-14-28(25)45-46(40,41)32(33,34)35/h4-8,10-12,14,23-24,26-27H,9,13,15-21H2,1-3H3,(H,36,38)/t23?,24?,26-,27-/m0/s1. The maximum Gasteiger partial charge on any atom is 0.534 e. The van der Waals surface area contributed by atoms with Gasteiger partial charge in [0.25, 0.3) is 0 Å². The van der Waals surface area contributed by atoms with Crippen LogP contribution in [0.1, 0.15) is 76.3 Å². The summed E-state index contributed by atoms with van der Waals surface area (Å²) in [5, 5.41) is 2.90. The van der Waals surface area contributed by atoms with Gasteiger partial charge < -0.3 is 28.6 Å². The highest BCUT2D eigenvalue weighted by atomic mass is 32.2. The first kappa shape index (κ1) is 35.3. The average molecular weight is 671 g/mol. The second-order valence-electron chi connectivity index (χ2n) is 12.5. The Labute approximate surface area is 267 Å². The first-order valence-corrected chi connectivity index (χ1v) is 16.7. The summed E-state index contributed by atoms with van der Waals surface area (Å²) in [4.78, 5) is 27.5. The number of amides is 2. The molecule has 0 spiro atoms. The van der Waals surface area contributed by atoms with Crippen molar-refractivity contribution in [1.29, 1.82) is 0 Å². The molecule has 0 radical (unpaired) electrons. The van der Waals surface area contributed by atoms with Crippen molar-refractivity contribution in [2.24, 2.45) is 0 Å². The molecule has 1 heterocycles. The van der Waals surface area contributed by atoms with Gasteiger partial charge in [-0.15, -0.1) is 0 Å². The van der Waals surface area contributed by atoms with Crippen molar-refractivity contribution in [1.82, 2.24) is 10.2 Å². The maximum absolute atomic E-state index is 13.3. The molecule has 0 aromatic heterocycles. The van der Waals surface area contributed by atoms with Gasteiger partial charge >= 0.3 is 27.8 Å². The minimum atomic E-state index is -5.81. The highest BCUT2D eigenvalue weighted by Gasteiger charge is 2.49. The molecule has 1 saturated carbocycles. The van der Waals surface area contributed by atoms with E-state index in [2.05, 4.69) is 9.50 Å². The number of hydrogen-bond acceptors (Lipinski definition) is 8. The highest BCUT2D eigenvalue weighted by molar-refractivity contribution is 7.88. The number of carbonyl (C=O) groups is 2. The topological polar surface area (TPSA) is 120 Å². The molecule has 254 valence electrons. The van der Waals surface area contributed by atoms with Gasteiger partial charge in [0.05, 0.1) is 24.8 Å². The van der Waals surface area contributed by atoms with Crippen LogP contribution < -0.4 is 9.50 Å². The molecule has 2 aromatic carbocycles. The first-order valence-electron chi connectivity index (χ1n) is 15.3. The number of nitrogens with one attached hydrogen (secondary N) is 1. The number of ether oxygens (including phenoxy) is 3. The summed E-state index contributed by atoms with van der Waals surface area (Å²) in [5.41, 5.74) is -5.03. The number of halogens is 3. The number of rotatable bonds is 9. The average Bonchev–Trinajstić information content (AvgIpc) is 2.98. The summed E-state index contributed by atoms with van der Waals surface area (Å²) < 4.78 is 84.0. The molecule has 14 heteroatoms. The monoisotopic (exact) mass is 670 g/mol. The van der Waals surface area contributed by atoms with E-state index in [9.17, 15) is 31.2 Å². The van der Waals surface area contributed by atoms with E-state index in [1.165, 1.54) is 12.1 Å². The van der Waals surface area contributed by atoms with Crippen LogP contribution in [0.5, 0.6) is 5.75 Å². The van der Waals surface area contributed by atoms with E-state index in [1.807, 2.05) is 30.3 Å². The van der Waals surface area contributed by atoms with E-state index in [0.29, 0.717) is 50.6 Å². The molecule has 46 heavy (non-hydrogen) atoms. The van der Waals surface area contributed by atoms with Crippen molar-refractivity contribution < 1.29 is 49.6 Å². The van der Waals surface area contributed by atoms with Crippen molar-refractivity contribution >= 4 is 22.3 Å². The van der Waals surface area contributed by atoms with E-state index in [1.54, 1.807) is 37.8 Å². The Morgan fingerprint density at radius 3 is 2.24 bits per heavy atom. The van der Waals surface area contributed by atoms with E-state index >= 15 is 0 Å². The van der Waals surface area contributed by atoms with E-state index in [4.69, 9.17) is 14.2 Å². The third kappa shape index (κ3) is 9.74. The number of carbonyl (C=O) groups excluding carboxylic acids is 2. The number of nitrogens with zero attached hydrogens (tertiary/aromatic N) is 1. The van der Waals surface area contributed by atoms with Crippen LogP contribution in [0.15, 0.2) is 54.6 Å². The number of alkyl halides is 3. The Kier molecular flexibility index (Phi) is 11.5. The van der Waals surface area contributed by atoms with Gasteiger partial charge in [0.15, 0.2) is 0 Å². The quantitative estimate of drug-likeness (QED) is 0.233. The Morgan fingerprint density at radius 2 is 1.59 bits per heavy atom. The van der Waals surface area contributed by atoms with Gasteiger partial charge in [-0.05, 0) is 82.4 Å². The SMILES string of the molecule is CC(C)(C)OC(=O)N[C@H]1CCCN(C(=O)OCc2ccccc2)[C@H]1COC1CCC(c2ccccc2OS(=O)(=O)C(F)(F)F)CC1. The number of benzene rings is 2. The lowest BCUT2D eigenvalue weighted by molar-refractivity contribution is -0.0500. The first-order chi connectivity index (χ1) is 21.6. The van der Waals surface area contributed by atoms with Gasteiger partial charge in [0, 0.05) is 6.54 Å². The van der Waals surface area contributed by atoms with Gasteiger partial charge in [-0.2, -0.15) is 21.6 Å². The zero-order valence-corrected chi connectivity index (χ0v) is 26.9.